The first-order valence-corrected chi connectivity index (χ1v) is 8.39. The summed E-state index contributed by atoms with van der Waals surface area (Å²) in [5, 5.41) is 2.59. The number of urea groups is 1. The summed E-state index contributed by atoms with van der Waals surface area (Å²) in [6.45, 7) is 1.34. The highest BCUT2D eigenvalue weighted by molar-refractivity contribution is 6.07. The Kier molecular flexibility index (Phi) is 4.95. The van der Waals surface area contributed by atoms with Crippen molar-refractivity contribution in [1.29, 1.82) is 0 Å². The number of nitrogens with two attached hydrogens (primary N) is 1. The maximum Gasteiger partial charge on any atom is 0.573 e. The van der Waals surface area contributed by atoms with Crippen LogP contribution < -0.4 is 15.8 Å². The van der Waals surface area contributed by atoms with Crippen LogP contribution in [0.4, 0.5) is 18.0 Å². The number of carbonyl (C=O) groups excluding carboxylic acids is 3. The highest BCUT2D eigenvalue weighted by Gasteiger charge is 2.49. The van der Waals surface area contributed by atoms with E-state index >= 15 is 0 Å². The first-order chi connectivity index (χ1) is 13.5. The smallest absolute Gasteiger partial charge is 0.406 e. The van der Waals surface area contributed by atoms with Crippen LogP contribution in [0.3, 0.4) is 0 Å². The minimum absolute atomic E-state index is 0.151. The molecule has 0 aliphatic carbocycles. The van der Waals surface area contributed by atoms with E-state index in [2.05, 4.69) is 10.1 Å². The SMILES string of the molecule is CC1(c2cccc(C(N)=O)c2)NC(=O)N(Cc2ccc(OC(F)(F)F)cc2)C1=O. The van der Waals surface area contributed by atoms with Crippen LogP contribution >= 0.6 is 0 Å². The second kappa shape index (κ2) is 7.12. The van der Waals surface area contributed by atoms with E-state index in [0.717, 1.165) is 17.0 Å². The highest BCUT2D eigenvalue weighted by atomic mass is 19.4. The average Bonchev–Trinajstić information content (AvgIpc) is 2.86. The Morgan fingerprint density at radius 3 is 2.41 bits per heavy atom. The van der Waals surface area contributed by atoms with Gasteiger partial charge < -0.3 is 15.8 Å². The van der Waals surface area contributed by atoms with Crippen LogP contribution in [-0.4, -0.2) is 29.1 Å². The van der Waals surface area contributed by atoms with Crippen LogP contribution in [0.2, 0.25) is 0 Å². The summed E-state index contributed by atoms with van der Waals surface area (Å²) >= 11 is 0. The molecule has 1 heterocycles. The lowest BCUT2D eigenvalue weighted by Gasteiger charge is -2.22. The molecule has 1 saturated heterocycles. The molecule has 0 spiro atoms. The molecular formula is C19H16F3N3O4. The number of rotatable bonds is 5. The largest absolute Gasteiger partial charge is 0.573 e. The van der Waals surface area contributed by atoms with Crippen molar-refractivity contribution in [3.05, 3.63) is 65.2 Å². The topological polar surface area (TPSA) is 102 Å². The summed E-state index contributed by atoms with van der Waals surface area (Å²) in [5.41, 5.74) is 4.84. The van der Waals surface area contributed by atoms with Crippen molar-refractivity contribution >= 4 is 17.8 Å². The van der Waals surface area contributed by atoms with E-state index in [1.807, 2.05) is 0 Å². The molecule has 4 amide bonds. The second-order valence-corrected chi connectivity index (χ2v) is 6.58. The lowest BCUT2D eigenvalue weighted by Crippen LogP contribution is -2.41. The zero-order chi connectivity index (χ0) is 21.4. The Bertz CT molecular complexity index is 975. The molecule has 2 aromatic rings. The zero-order valence-corrected chi connectivity index (χ0v) is 15.1. The predicted octanol–water partition coefficient (Wildman–Crippen LogP) is 2.65. The number of imide groups is 1. The number of hydrogen-bond donors (Lipinski definition) is 2. The first kappa shape index (κ1) is 20.2. The molecule has 0 bridgehead atoms. The quantitative estimate of drug-likeness (QED) is 0.744. The van der Waals surface area contributed by atoms with Gasteiger partial charge in [0.05, 0.1) is 6.54 Å². The zero-order valence-electron chi connectivity index (χ0n) is 15.1. The first-order valence-electron chi connectivity index (χ1n) is 8.39. The molecule has 1 aliphatic heterocycles. The van der Waals surface area contributed by atoms with Gasteiger partial charge in [-0.15, -0.1) is 13.2 Å². The number of hydrogen-bond acceptors (Lipinski definition) is 4. The average molecular weight is 407 g/mol. The van der Waals surface area contributed by atoms with E-state index in [-0.39, 0.29) is 12.1 Å². The molecule has 1 fully saturated rings. The highest BCUT2D eigenvalue weighted by Crippen LogP contribution is 2.31. The van der Waals surface area contributed by atoms with Crippen molar-refractivity contribution in [2.24, 2.45) is 5.73 Å². The third kappa shape index (κ3) is 4.15. The van der Waals surface area contributed by atoms with E-state index in [4.69, 9.17) is 5.73 Å². The van der Waals surface area contributed by atoms with Crippen molar-refractivity contribution in [2.75, 3.05) is 0 Å². The van der Waals surface area contributed by atoms with Crippen LogP contribution in [-0.2, 0) is 16.9 Å². The molecule has 7 nitrogen and oxygen atoms in total. The molecule has 152 valence electrons. The fraction of sp³-hybridized carbons (Fsp3) is 0.211. The fourth-order valence-corrected chi connectivity index (χ4v) is 3.00. The van der Waals surface area contributed by atoms with Gasteiger partial charge in [0.15, 0.2) is 0 Å². The van der Waals surface area contributed by atoms with E-state index in [1.165, 1.54) is 31.2 Å². The Morgan fingerprint density at radius 1 is 1.17 bits per heavy atom. The second-order valence-electron chi connectivity index (χ2n) is 6.58. The van der Waals surface area contributed by atoms with Crippen molar-refractivity contribution in [1.82, 2.24) is 10.2 Å². The number of alkyl halides is 3. The number of halogens is 3. The van der Waals surface area contributed by atoms with Gasteiger partial charge in [-0.1, -0.05) is 24.3 Å². The van der Waals surface area contributed by atoms with Gasteiger partial charge in [0.2, 0.25) is 5.91 Å². The molecule has 0 radical (unpaired) electrons. The molecule has 2 aromatic carbocycles. The molecular weight excluding hydrogens is 391 g/mol. The standard InChI is InChI=1S/C19H16F3N3O4/c1-18(13-4-2-3-12(9-13)15(23)26)16(27)25(17(28)24-18)10-11-5-7-14(8-6-11)29-19(20,21)22/h2-9H,10H2,1H3,(H2,23,26)(H,24,28). The van der Waals surface area contributed by atoms with Gasteiger partial charge in [-0.25, -0.2) is 4.79 Å². The number of nitrogens with one attached hydrogen (secondary N) is 1. The number of amides is 4. The molecule has 1 atom stereocenters. The lowest BCUT2D eigenvalue weighted by molar-refractivity contribution is -0.274. The predicted molar refractivity (Wildman–Crippen MR) is 94.5 cm³/mol. The number of carbonyl (C=O) groups is 3. The third-order valence-electron chi connectivity index (χ3n) is 4.50. The van der Waals surface area contributed by atoms with Crippen LogP contribution in [0.5, 0.6) is 5.75 Å². The van der Waals surface area contributed by atoms with Gasteiger partial charge >= 0.3 is 12.4 Å². The molecule has 0 saturated carbocycles. The normalized spacial score (nSPS) is 19.2. The Morgan fingerprint density at radius 2 is 1.83 bits per heavy atom. The monoisotopic (exact) mass is 407 g/mol. The fourth-order valence-electron chi connectivity index (χ4n) is 3.00. The van der Waals surface area contributed by atoms with Crippen molar-refractivity contribution in [3.8, 4) is 5.75 Å². The molecule has 10 heteroatoms. The summed E-state index contributed by atoms with van der Waals surface area (Å²) in [6.07, 6.45) is -4.81. The molecule has 1 aliphatic rings. The van der Waals surface area contributed by atoms with Crippen LogP contribution in [0.15, 0.2) is 48.5 Å². The molecule has 3 N–H and O–H groups in total. The Balaban J connectivity index is 1.80. The number of ether oxygens (including phenoxy) is 1. The number of nitrogens with zero attached hydrogens (tertiary/aromatic N) is 1. The van der Waals surface area contributed by atoms with Crippen molar-refractivity contribution in [3.63, 3.8) is 0 Å². The number of primary amides is 1. The summed E-state index contributed by atoms with van der Waals surface area (Å²) in [4.78, 5) is 37.6. The summed E-state index contributed by atoms with van der Waals surface area (Å²) in [5.74, 6) is -1.66. The van der Waals surface area contributed by atoms with Gasteiger partial charge in [0, 0.05) is 5.56 Å². The molecule has 1 unspecified atom stereocenters. The van der Waals surface area contributed by atoms with Gasteiger partial charge in [0.25, 0.3) is 5.91 Å². The maximum atomic E-state index is 12.9. The molecule has 3 rings (SSSR count). The van der Waals surface area contributed by atoms with Crippen molar-refractivity contribution < 1.29 is 32.3 Å². The van der Waals surface area contributed by atoms with Gasteiger partial charge in [0.1, 0.15) is 11.3 Å². The molecule has 29 heavy (non-hydrogen) atoms. The van der Waals surface area contributed by atoms with E-state index in [0.29, 0.717) is 11.1 Å². The van der Waals surface area contributed by atoms with Gasteiger partial charge in [-0.05, 0) is 42.3 Å². The van der Waals surface area contributed by atoms with Crippen LogP contribution in [0.25, 0.3) is 0 Å². The molecule has 0 aromatic heterocycles. The Labute approximate surface area is 163 Å². The maximum absolute atomic E-state index is 12.9. The lowest BCUT2D eigenvalue weighted by atomic mass is 9.90. The number of benzene rings is 2. The van der Waals surface area contributed by atoms with E-state index in [1.54, 1.807) is 12.1 Å². The summed E-state index contributed by atoms with van der Waals surface area (Å²) in [6, 6.07) is 10.2. The third-order valence-corrected chi connectivity index (χ3v) is 4.50. The minimum Gasteiger partial charge on any atom is -0.406 e. The van der Waals surface area contributed by atoms with Gasteiger partial charge in [-0.2, -0.15) is 0 Å². The Hall–Kier alpha value is -3.56. The van der Waals surface area contributed by atoms with Crippen LogP contribution in [0.1, 0.15) is 28.4 Å². The van der Waals surface area contributed by atoms with E-state index in [9.17, 15) is 27.6 Å². The van der Waals surface area contributed by atoms with Gasteiger partial charge in [-0.3, -0.25) is 14.5 Å². The van der Waals surface area contributed by atoms with Crippen LogP contribution in [0, 0.1) is 0 Å². The van der Waals surface area contributed by atoms with Crippen molar-refractivity contribution in [2.45, 2.75) is 25.4 Å². The summed E-state index contributed by atoms with van der Waals surface area (Å²) in [7, 11) is 0. The van der Waals surface area contributed by atoms with E-state index < -0.39 is 35.5 Å². The minimum atomic E-state index is -4.81. The summed E-state index contributed by atoms with van der Waals surface area (Å²) < 4.78 is 40.5.